The smallest absolute Gasteiger partial charge is 0.140 e. The lowest BCUT2D eigenvalue weighted by molar-refractivity contribution is 0.0108. The Kier molecular flexibility index (Phi) is 2.55. The van der Waals surface area contributed by atoms with Crippen molar-refractivity contribution in [2.75, 3.05) is 0 Å². The lowest BCUT2D eigenvalue weighted by Crippen LogP contribution is -2.35. The summed E-state index contributed by atoms with van der Waals surface area (Å²) in [7, 11) is 0. The number of aliphatic hydroxyl groups excluding tert-OH is 1. The maximum Gasteiger partial charge on any atom is 0.140 e. The SMILES string of the molecule is Cc1cc(Br)c2c(c1)C(O)CC(C)(C)O2. The Balaban J connectivity index is 2.55. The summed E-state index contributed by atoms with van der Waals surface area (Å²) in [6.07, 6.45) is 0.204. The van der Waals surface area contributed by atoms with Crippen LogP contribution in [0.15, 0.2) is 16.6 Å². The predicted octanol–water partition coefficient (Wildman–Crippen LogP) is 3.35. The first kappa shape index (κ1) is 11.0. The molecule has 1 atom stereocenters. The van der Waals surface area contributed by atoms with Crippen LogP contribution in [0.4, 0.5) is 0 Å². The van der Waals surface area contributed by atoms with Gasteiger partial charge < -0.3 is 9.84 Å². The van der Waals surface area contributed by atoms with E-state index in [9.17, 15) is 5.11 Å². The quantitative estimate of drug-likeness (QED) is 0.784. The third kappa shape index (κ3) is 2.04. The fraction of sp³-hybridized carbons (Fsp3) is 0.500. The third-order valence-electron chi connectivity index (χ3n) is 2.64. The predicted molar refractivity (Wildman–Crippen MR) is 63.2 cm³/mol. The van der Waals surface area contributed by atoms with Crippen molar-refractivity contribution in [3.05, 3.63) is 27.7 Å². The number of hydrogen-bond donors (Lipinski definition) is 1. The van der Waals surface area contributed by atoms with Gasteiger partial charge in [0.1, 0.15) is 11.4 Å². The van der Waals surface area contributed by atoms with Gasteiger partial charge in [0, 0.05) is 12.0 Å². The molecule has 0 spiro atoms. The van der Waals surface area contributed by atoms with Crippen LogP contribution in [0.3, 0.4) is 0 Å². The average Bonchev–Trinajstić information content (AvgIpc) is 2.06. The molecule has 1 N–H and O–H groups in total. The Morgan fingerprint density at radius 1 is 1.47 bits per heavy atom. The van der Waals surface area contributed by atoms with Gasteiger partial charge in [-0.05, 0) is 54.4 Å². The standard InChI is InChI=1S/C12H15BrO2/c1-7-4-8-10(14)6-12(2,3)15-11(8)9(13)5-7/h4-5,10,14H,6H2,1-3H3. The summed E-state index contributed by atoms with van der Waals surface area (Å²) in [6, 6.07) is 3.99. The number of aliphatic hydroxyl groups is 1. The fourth-order valence-corrected chi connectivity index (χ4v) is 2.68. The molecule has 1 aliphatic rings. The minimum atomic E-state index is -0.431. The average molecular weight is 271 g/mol. The highest BCUT2D eigenvalue weighted by Crippen LogP contribution is 2.43. The summed E-state index contributed by atoms with van der Waals surface area (Å²) in [4.78, 5) is 0. The van der Waals surface area contributed by atoms with Gasteiger partial charge in [-0.1, -0.05) is 0 Å². The van der Waals surface area contributed by atoms with Gasteiger partial charge in [-0.2, -0.15) is 0 Å². The van der Waals surface area contributed by atoms with E-state index in [1.807, 2.05) is 32.9 Å². The van der Waals surface area contributed by atoms with E-state index >= 15 is 0 Å². The Bertz CT molecular complexity index is 399. The molecule has 1 aliphatic heterocycles. The molecular weight excluding hydrogens is 256 g/mol. The van der Waals surface area contributed by atoms with Crippen molar-refractivity contribution in [3.8, 4) is 5.75 Å². The number of aryl methyl sites for hydroxylation is 1. The number of halogens is 1. The molecule has 0 aliphatic carbocycles. The highest BCUT2D eigenvalue weighted by Gasteiger charge is 2.33. The maximum atomic E-state index is 10.0. The molecule has 15 heavy (non-hydrogen) atoms. The molecule has 82 valence electrons. The zero-order valence-corrected chi connectivity index (χ0v) is 10.8. The summed E-state index contributed by atoms with van der Waals surface area (Å²) >= 11 is 3.48. The molecule has 0 aromatic heterocycles. The first-order valence-corrected chi connectivity index (χ1v) is 5.85. The normalized spacial score (nSPS) is 23.1. The molecule has 2 nitrogen and oxygen atoms in total. The van der Waals surface area contributed by atoms with E-state index in [0.717, 1.165) is 21.3 Å². The van der Waals surface area contributed by atoms with Crippen molar-refractivity contribution in [1.29, 1.82) is 0 Å². The second-order valence-electron chi connectivity index (χ2n) is 4.75. The Hall–Kier alpha value is -0.540. The molecule has 0 fully saturated rings. The van der Waals surface area contributed by atoms with Crippen LogP contribution >= 0.6 is 15.9 Å². The molecule has 2 rings (SSSR count). The minimum Gasteiger partial charge on any atom is -0.486 e. The highest BCUT2D eigenvalue weighted by atomic mass is 79.9. The zero-order chi connectivity index (χ0) is 11.2. The van der Waals surface area contributed by atoms with Crippen molar-refractivity contribution < 1.29 is 9.84 Å². The number of fused-ring (bicyclic) bond motifs is 1. The first-order valence-electron chi connectivity index (χ1n) is 5.06. The van der Waals surface area contributed by atoms with E-state index in [4.69, 9.17) is 4.74 Å². The lowest BCUT2D eigenvalue weighted by Gasteiger charge is -2.36. The van der Waals surface area contributed by atoms with Gasteiger partial charge in [0.15, 0.2) is 0 Å². The molecule has 1 aromatic rings. The van der Waals surface area contributed by atoms with Gasteiger partial charge in [-0.3, -0.25) is 0 Å². The zero-order valence-electron chi connectivity index (χ0n) is 9.17. The van der Waals surface area contributed by atoms with Gasteiger partial charge in [0.2, 0.25) is 0 Å². The number of benzene rings is 1. The van der Waals surface area contributed by atoms with Crippen molar-refractivity contribution in [2.45, 2.75) is 38.9 Å². The Morgan fingerprint density at radius 3 is 2.80 bits per heavy atom. The van der Waals surface area contributed by atoms with Crippen LogP contribution in [0.2, 0.25) is 0 Å². The summed E-state index contributed by atoms with van der Waals surface area (Å²) in [5, 5.41) is 10.0. The lowest BCUT2D eigenvalue weighted by atomic mass is 9.91. The second-order valence-corrected chi connectivity index (χ2v) is 5.60. The van der Waals surface area contributed by atoms with Gasteiger partial charge in [0.25, 0.3) is 0 Å². The first-order chi connectivity index (χ1) is 6.89. The van der Waals surface area contributed by atoms with Gasteiger partial charge in [-0.15, -0.1) is 0 Å². The molecule has 0 saturated heterocycles. The summed E-state index contributed by atoms with van der Waals surface area (Å²) in [5.41, 5.74) is 1.72. The van der Waals surface area contributed by atoms with Crippen LogP contribution in [-0.2, 0) is 0 Å². The Labute approximate surface area is 98.4 Å². The van der Waals surface area contributed by atoms with Crippen LogP contribution in [0.5, 0.6) is 5.75 Å². The fourth-order valence-electron chi connectivity index (χ4n) is 2.00. The van der Waals surface area contributed by atoms with Gasteiger partial charge >= 0.3 is 0 Å². The highest BCUT2D eigenvalue weighted by molar-refractivity contribution is 9.10. The van der Waals surface area contributed by atoms with Crippen LogP contribution < -0.4 is 4.74 Å². The van der Waals surface area contributed by atoms with E-state index < -0.39 is 6.10 Å². The van der Waals surface area contributed by atoms with Gasteiger partial charge in [-0.25, -0.2) is 0 Å². The molecular formula is C12H15BrO2. The molecule has 1 heterocycles. The van der Waals surface area contributed by atoms with E-state index in [2.05, 4.69) is 15.9 Å². The second kappa shape index (κ2) is 3.49. The summed E-state index contributed by atoms with van der Waals surface area (Å²) in [6.45, 7) is 5.99. The van der Waals surface area contributed by atoms with Crippen LogP contribution in [0.1, 0.15) is 37.5 Å². The van der Waals surface area contributed by atoms with Gasteiger partial charge in [0.05, 0.1) is 10.6 Å². The molecule has 1 unspecified atom stereocenters. The topological polar surface area (TPSA) is 29.5 Å². The van der Waals surface area contributed by atoms with Crippen molar-refractivity contribution in [3.63, 3.8) is 0 Å². The van der Waals surface area contributed by atoms with Crippen LogP contribution in [0.25, 0.3) is 0 Å². The Morgan fingerprint density at radius 2 is 2.13 bits per heavy atom. The van der Waals surface area contributed by atoms with Crippen LogP contribution in [-0.4, -0.2) is 10.7 Å². The van der Waals surface area contributed by atoms with E-state index in [1.54, 1.807) is 0 Å². The van der Waals surface area contributed by atoms with E-state index in [1.165, 1.54) is 0 Å². The molecule has 0 amide bonds. The van der Waals surface area contributed by atoms with Crippen LogP contribution in [0, 0.1) is 6.92 Å². The number of ether oxygens (including phenoxy) is 1. The van der Waals surface area contributed by atoms with Crippen molar-refractivity contribution >= 4 is 15.9 Å². The largest absolute Gasteiger partial charge is 0.486 e. The van der Waals surface area contributed by atoms with Crippen molar-refractivity contribution in [2.24, 2.45) is 0 Å². The monoisotopic (exact) mass is 270 g/mol. The summed E-state index contributed by atoms with van der Waals surface area (Å²) in [5.74, 6) is 0.782. The number of hydrogen-bond acceptors (Lipinski definition) is 2. The maximum absolute atomic E-state index is 10.0. The molecule has 0 radical (unpaired) electrons. The minimum absolute atomic E-state index is 0.301. The third-order valence-corrected chi connectivity index (χ3v) is 3.23. The molecule has 3 heteroatoms. The number of rotatable bonds is 0. The van der Waals surface area contributed by atoms with E-state index in [-0.39, 0.29) is 5.60 Å². The summed E-state index contributed by atoms with van der Waals surface area (Å²) < 4.78 is 6.79. The van der Waals surface area contributed by atoms with E-state index in [0.29, 0.717) is 6.42 Å². The van der Waals surface area contributed by atoms with Crippen molar-refractivity contribution in [1.82, 2.24) is 0 Å². The molecule has 0 saturated carbocycles. The molecule has 1 aromatic carbocycles. The molecule has 0 bridgehead atoms.